The summed E-state index contributed by atoms with van der Waals surface area (Å²) in [5.41, 5.74) is 0.951. The van der Waals surface area contributed by atoms with Crippen LogP contribution in [0.1, 0.15) is 12.8 Å². The molecule has 0 bridgehead atoms. The highest BCUT2D eigenvalue weighted by atomic mass is 16.6. The van der Waals surface area contributed by atoms with Crippen LogP contribution in [0.15, 0.2) is 18.2 Å². The van der Waals surface area contributed by atoms with Gasteiger partial charge in [-0.1, -0.05) is 0 Å². The lowest BCUT2D eigenvalue weighted by Crippen LogP contribution is -2.39. The van der Waals surface area contributed by atoms with Gasteiger partial charge in [-0.3, -0.25) is 10.1 Å². The fourth-order valence-corrected chi connectivity index (χ4v) is 2.73. The number of ether oxygens (including phenoxy) is 1. The number of non-ortho nitro benzene ring substituents is 1. The third kappa shape index (κ3) is 3.39. The average Bonchev–Trinajstić information content (AvgIpc) is 2.47. The molecule has 1 aliphatic heterocycles. The summed E-state index contributed by atoms with van der Waals surface area (Å²) in [4.78, 5) is 12.8. The Bertz CT molecular complexity index is 477. The van der Waals surface area contributed by atoms with Crippen LogP contribution in [0.3, 0.4) is 0 Å². The highest BCUT2D eigenvalue weighted by Gasteiger charge is 2.21. The van der Waals surface area contributed by atoms with Crippen molar-refractivity contribution in [3.63, 3.8) is 0 Å². The third-order valence-corrected chi connectivity index (χ3v) is 3.70. The molecular weight excluding hydrogens is 258 g/mol. The lowest BCUT2D eigenvalue weighted by Gasteiger charge is -2.34. The molecule has 6 nitrogen and oxygen atoms in total. The lowest BCUT2D eigenvalue weighted by atomic mass is 9.97. The van der Waals surface area contributed by atoms with Crippen molar-refractivity contribution in [2.24, 2.45) is 5.92 Å². The van der Waals surface area contributed by atoms with Crippen LogP contribution in [-0.2, 0) is 0 Å². The van der Waals surface area contributed by atoms with Crippen LogP contribution in [0.5, 0.6) is 5.75 Å². The fraction of sp³-hybridized carbons (Fsp3) is 0.571. The Morgan fingerprint density at radius 2 is 2.30 bits per heavy atom. The topological polar surface area (TPSA) is 67.6 Å². The number of rotatable bonds is 5. The number of piperidine rings is 1. The van der Waals surface area contributed by atoms with E-state index >= 15 is 0 Å². The van der Waals surface area contributed by atoms with Gasteiger partial charge in [0.15, 0.2) is 0 Å². The highest BCUT2D eigenvalue weighted by molar-refractivity contribution is 5.58. The summed E-state index contributed by atoms with van der Waals surface area (Å²) < 4.78 is 5.17. The molecule has 1 aromatic rings. The zero-order chi connectivity index (χ0) is 14.5. The van der Waals surface area contributed by atoms with Crippen molar-refractivity contribution in [2.45, 2.75) is 12.8 Å². The van der Waals surface area contributed by atoms with Crippen molar-refractivity contribution in [3.05, 3.63) is 28.3 Å². The Hall–Kier alpha value is -1.82. The van der Waals surface area contributed by atoms with Gasteiger partial charge in [-0.25, -0.2) is 0 Å². The molecule has 1 N–H and O–H groups in total. The van der Waals surface area contributed by atoms with E-state index in [0.717, 1.165) is 31.7 Å². The monoisotopic (exact) mass is 279 g/mol. The van der Waals surface area contributed by atoms with Crippen LogP contribution in [0.25, 0.3) is 0 Å². The Balaban J connectivity index is 2.22. The summed E-state index contributed by atoms with van der Waals surface area (Å²) >= 11 is 0. The van der Waals surface area contributed by atoms with Crippen molar-refractivity contribution in [3.8, 4) is 5.75 Å². The van der Waals surface area contributed by atoms with Gasteiger partial charge in [-0.05, 0) is 32.4 Å². The predicted octanol–water partition coefficient (Wildman–Crippen LogP) is 2.04. The molecule has 0 aliphatic carbocycles. The molecule has 2 rings (SSSR count). The van der Waals surface area contributed by atoms with Crippen molar-refractivity contribution in [1.82, 2.24) is 5.32 Å². The summed E-state index contributed by atoms with van der Waals surface area (Å²) in [7, 11) is 3.48. The maximum Gasteiger partial charge on any atom is 0.275 e. The second-order valence-corrected chi connectivity index (χ2v) is 5.16. The first kappa shape index (κ1) is 14.6. The summed E-state index contributed by atoms with van der Waals surface area (Å²) in [6.45, 7) is 2.83. The first-order valence-electron chi connectivity index (χ1n) is 6.87. The number of nitro groups is 1. The van der Waals surface area contributed by atoms with Gasteiger partial charge >= 0.3 is 0 Å². The van der Waals surface area contributed by atoms with Gasteiger partial charge < -0.3 is 15.0 Å². The molecule has 20 heavy (non-hydrogen) atoms. The summed E-state index contributed by atoms with van der Waals surface area (Å²) in [6, 6.07) is 4.96. The van der Waals surface area contributed by atoms with Crippen LogP contribution in [0.2, 0.25) is 0 Å². The minimum atomic E-state index is -0.374. The van der Waals surface area contributed by atoms with Crippen molar-refractivity contribution in [1.29, 1.82) is 0 Å². The van der Waals surface area contributed by atoms with Gasteiger partial charge in [0.05, 0.1) is 18.1 Å². The molecule has 0 saturated carbocycles. The number of methoxy groups -OCH3 is 1. The largest absolute Gasteiger partial charge is 0.496 e. The Labute approximate surface area is 118 Å². The van der Waals surface area contributed by atoms with Gasteiger partial charge in [0, 0.05) is 30.9 Å². The molecule has 1 saturated heterocycles. The molecule has 1 atom stereocenters. The van der Waals surface area contributed by atoms with E-state index in [1.165, 1.54) is 19.6 Å². The van der Waals surface area contributed by atoms with Crippen LogP contribution in [-0.4, -0.2) is 38.7 Å². The average molecular weight is 279 g/mol. The highest BCUT2D eigenvalue weighted by Crippen LogP contribution is 2.30. The molecule has 0 radical (unpaired) electrons. The molecule has 1 fully saturated rings. The molecule has 1 heterocycles. The van der Waals surface area contributed by atoms with Crippen LogP contribution >= 0.6 is 0 Å². The zero-order valence-electron chi connectivity index (χ0n) is 12.0. The minimum absolute atomic E-state index is 0.0788. The van der Waals surface area contributed by atoms with Gasteiger partial charge in [0.25, 0.3) is 5.69 Å². The van der Waals surface area contributed by atoms with E-state index in [4.69, 9.17) is 4.74 Å². The SMILES string of the molecule is CNCC1CCCN(c2cc(OC)cc([N+](=O)[O-])c2)C1. The number of benzene rings is 1. The molecule has 1 aromatic carbocycles. The number of hydrogen-bond acceptors (Lipinski definition) is 5. The first-order valence-corrected chi connectivity index (χ1v) is 6.87. The maximum absolute atomic E-state index is 11.0. The van der Waals surface area contributed by atoms with E-state index in [0.29, 0.717) is 11.7 Å². The second kappa shape index (κ2) is 6.56. The smallest absolute Gasteiger partial charge is 0.275 e. The molecule has 0 spiro atoms. The molecule has 1 unspecified atom stereocenters. The van der Waals surface area contributed by atoms with Crippen molar-refractivity contribution in [2.75, 3.05) is 38.7 Å². The van der Waals surface area contributed by atoms with Gasteiger partial charge in [0.2, 0.25) is 0 Å². The quantitative estimate of drug-likeness (QED) is 0.660. The maximum atomic E-state index is 11.0. The first-order chi connectivity index (χ1) is 9.63. The second-order valence-electron chi connectivity index (χ2n) is 5.16. The molecule has 1 aliphatic rings. The third-order valence-electron chi connectivity index (χ3n) is 3.70. The zero-order valence-corrected chi connectivity index (χ0v) is 12.0. The Morgan fingerprint density at radius 3 is 2.95 bits per heavy atom. The number of nitrogens with zero attached hydrogens (tertiary/aromatic N) is 2. The molecular formula is C14H21N3O3. The fourth-order valence-electron chi connectivity index (χ4n) is 2.73. The Morgan fingerprint density at radius 1 is 1.50 bits per heavy atom. The summed E-state index contributed by atoms with van der Waals surface area (Å²) in [6.07, 6.45) is 2.31. The van der Waals surface area contributed by atoms with E-state index in [1.807, 2.05) is 13.1 Å². The van der Waals surface area contributed by atoms with E-state index in [1.54, 1.807) is 6.07 Å². The van der Waals surface area contributed by atoms with E-state index in [2.05, 4.69) is 10.2 Å². The van der Waals surface area contributed by atoms with Crippen LogP contribution in [0.4, 0.5) is 11.4 Å². The molecule has 110 valence electrons. The number of nitrogens with one attached hydrogen (secondary N) is 1. The van der Waals surface area contributed by atoms with Gasteiger partial charge in [-0.2, -0.15) is 0 Å². The van der Waals surface area contributed by atoms with Gasteiger partial charge in [-0.15, -0.1) is 0 Å². The number of hydrogen-bond donors (Lipinski definition) is 1. The number of anilines is 1. The van der Waals surface area contributed by atoms with Crippen LogP contribution < -0.4 is 15.0 Å². The van der Waals surface area contributed by atoms with E-state index < -0.39 is 0 Å². The van der Waals surface area contributed by atoms with Crippen molar-refractivity contribution >= 4 is 11.4 Å². The molecule has 0 amide bonds. The minimum Gasteiger partial charge on any atom is -0.496 e. The van der Waals surface area contributed by atoms with E-state index in [-0.39, 0.29) is 10.6 Å². The standard InChI is InChI=1S/C14H21N3O3/c1-15-9-11-4-3-5-16(10-11)12-6-13(17(18)19)8-14(7-12)20-2/h6-8,11,15H,3-5,9-10H2,1-2H3. The van der Waals surface area contributed by atoms with Crippen LogP contribution in [0, 0.1) is 16.0 Å². The summed E-state index contributed by atoms with van der Waals surface area (Å²) in [5, 5.41) is 14.2. The van der Waals surface area contributed by atoms with Gasteiger partial charge in [0.1, 0.15) is 5.75 Å². The molecule has 0 aromatic heterocycles. The number of nitro benzene ring substituents is 1. The van der Waals surface area contributed by atoms with E-state index in [9.17, 15) is 10.1 Å². The summed E-state index contributed by atoms with van der Waals surface area (Å²) in [5.74, 6) is 1.11. The van der Waals surface area contributed by atoms with Crippen molar-refractivity contribution < 1.29 is 9.66 Å². The molecule has 6 heteroatoms. The Kier molecular flexibility index (Phi) is 4.79. The normalized spacial score (nSPS) is 18.9. The predicted molar refractivity (Wildman–Crippen MR) is 78.5 cm³/mol. The lowest BCUT2D eigenvalue weighted by molar-refractivity contribution is -0.384.